The molecule has 2 saturated heterocycles. The Hall–Kier alpha value is -2.25. The number of hydrogen-bond donors (Lipinski definition) is 1. The molecule has 4 heterocycles. The lowest BCUT2D eigenvalue weighted by atomic mass is 10.0. The zero-order valence-electron chi connectivity index (χ0n) is 14.4. The van der Waals surface area contributed by atoms with Crippen LogP contribution in [0.2, 0.25) is 0 Å². The molecule has 2 aromatic rings. The molecule has 0 radical (unpaired) electrons. The summed E-state index contributed by atoms with van der Waals surface area (Å²) < 4.78 is 11.6. The van der Waals surface area contributed by atoms with E-state index < -0.39 is 0 Å². The van der Waals surface area contributed by atoms with Gasteiger partial charge < -0.3 is 19.7 Å². The highest BCUT2D eigenvalue weighted by molar-refractivity contribution is 5.44. The fraction of sp³-hybridized carbons (Fsp3) is 0.500. The number of aryl methyl sites for hydroxylation is 1. The second kappa shape index (κ2) is 6.93. The van der Waals surface area contributed by atoms with E-state index in [-0.39, 0.29) is 5.79 Å². The van der Waals surface area contributed by atoms with Gasteiger partial charge in [-0.1, -0.05) is 6.07 Å². The van der Waals surface area contributed by atoms with Crippen molar-refractivity contribution < 1.29 is 9.47 Å². The van der Waals surface area contributed by atoms with E-state index in [9.17, 15) is 0 Å². The summed E-state index contributed by atoms with van der Waals surface area (Å²) in [5.41, 5.74) is 1.93. The predicted molar refractivity (Wildman–Crippen MR) is 94.4 cm³/mol. The lowest BCUT2D eigenvalue weighted by Crippen LogP contribution is -2.45. The number of anilines is 2. The van der Waals surface area contributed by atoms with Crippen LogP contribution in [0.4, 0.5) is 11.8 Å². The van der Waals surface area contributed by atoms with E-state index in [4.69, 9.17) is 9.47 Å². The Morgan fingerprint density at radius 2 is 1.96 bits per heavy atom. The summed E-state index contributed by atoms with van der Waals surface area (Å²) in [7, 11) is 0. The summed E-state index contributed by atoms with van der Waals surface area (Å²) in [5, 5.41) is 3.34. The van der Waals surface area contributed by atoms with Crippen LogP contribution in [0.25, 0.3) is 0 Å². The summed E-state index contributed by atoms with van der Waals surface area (Å²) in [4.78, 5) is 15.8. The Morgan fingerprint density at radius 1 is 1.16 bits per heavy atom. The highest BCUT2D eigenvalue weighted by Crippen LogP contribution is 2.32. The van der Waals surface area contributed by atoms with E-state index >= 15 is 0 Å². The van der Waals surface area contributed by atoms with Gasteiger partial charge in [-0.25, -0.2) is 4.98 Å². The quantitative estimate of drug-likeness (QED) is 0.913. The first-order chi connectivity index (χ1) is 12.2. The number of pyridine rings is 1. The van der Waals surface area contributed by atoms with Gasteiger partial charge in [0.25, 0.3) is 0 Å². The molecule has 2 aliphatic heterocycles. The van der Waals surface area contributed by atoms with Crippen molar-refractivity contribution in [3.63, 3.8) is 0 Å². The van der Waals surface area contributed by atoms with Gasteiger partial charge in [0.15, 0.2) is 5.79 Å². The first kappa shape index (κ1) is 16.2. The molecular formula is C18H23N5O2. The lowest BCUT2D eigenvalue weighted by molar-refractivity contribution is -0.169. The third-order valence-electron chi connectivity index (χ3n) is 4.64. The Labute approximate surface area is 147 Å². The molecule has 25 heavy (non-hydrogen) atoms. The van der Waals surface area contributed by atoms with Crippen LogP contribution in [0.1, 0.15) is 24.2 Å². The molecule has 4 rings (SSSR count). The number of aromatic nitrogens is 3. The highest BCUT2D eigenvalue weighted by Gasteiger charge is 2.40. The van der Waals surface area contributed by atoms with Crippen LogP contribution in [0.5, 0.6) is 0 Å². The van der Waals surface area contributed by atoms with Gasteiger partial charge in [0, 0.05) is 43.9 Å². The third-order valence-corrected chi connectivity index (χ3v) is 4.64. The van der Waals surface area contributed by atoms with E-state index in [0.717, 1.165) is 49.1 Å². The maximum atomic E-state index is 5.79. The molecule has 2 fully saturated rings. The molecule has 7 heteroatoms. The van der Waals surface area contributed by atoms with Gasteiger partial charge in [0.2, 0.25) is 5.95 Å². The van der Waals surface area contributed by atoms with Gasteiger partial charge in [-0.3, -0.25) is 4.98 Å². The summed E-state index contributed by atoms with van der Waals surface area (Å²) in [6.07, 6.45) is 3.49. The number of rotatable bonds is 4. The topological polar surface area (TPSA) is 72.4 Å². The Kier molecular flexibility index (Phi) is 4.50. The summed E-state index contributed by atoms with van der Waals surface area (Å²) >= 11 is 0. The monoisotopic (exact) mass is 341 g/mol. The standard InChI is InChI=1S/C18H23N5O2/c1-14-12-16(20-13-15-4-2-3-7-19-15)22-17(21-14)23-8-5-18(6-9-23)24-10-11-25-18/h2-4,7,12H,5-6,8-11,13H2,1H3,(H,20,21,22). The third kappa shape index (κ3) is 3.72. The van der Waals surface area contributed by atoms with Crippen molar-refractivity contribution >= 4 is 11.8 Å². The summed E-state index contributed by atoms with van der Waals surface area (Å²) in [6.45, 7) is 5.70. The molecule has 0 aromatic carbocycles. The number of piperidine rings is 1. The van der Waals surface area contributed by atoms with Crippen molar-refractivity contribution in [3.05, 3.63) is 41.9 Å². The molecule has 0 atom stereocenters. The molecule has 0 bridgehead atoms. The van der Waals surface area contributed by atoms with Gasteiger partial charge in [-0.2, -0.15) is 4.98 Å². The second-order valence-electron chi connectivity index (χ2n) is 6.46. The highest BCUT2D eigenvalue weighted by atomic mass is 16.7. The van der Waals surface area contributed by atoms with Gasteiger partial charge >= 0.3 is 0 Å². The molecule has 0 aliphatic carbocycles. The predicted octanol–water partition coefficient (Wildman–Crippen LogP) is 2.14. The van der Waals surface area contributed by atoms with Crippen LogP contribution in [0.3, 0.4) is 0 Å². The first-order valence-corrected chi connectivity index (χ1v) is 8.75. The summed E-state index contributed by atoms with van der Waals surface area (Å²) in [5.74, 6) is 1.21. The molecule has 2 aromatic heterocycles. The summed E-state index contributed by atoms with van der Waals surface area (Å²) in [6, 6.07) is 7.85. The van der Waals surface area contributed by atoms with Gasteiger partial charge in [-0.15, -0.1) is 0 Å². The molecule has 2 aliphatic rings. The second-order valence-corrected chi connectivity index (χ2v) is 6.46. The number of hydrogen-bond acceptors (Lipinski definition) is 7. The van der Waals surface area contributed by atoms with Gasteiger partial charge in [-0.05, 0) is 19.1 Å². The average molecular weight is 341 g/mol. The molecule has 7 nitrogen and oxygen atoms in total. The number of nitrogens with zero attached hydrogens (tertiary/aromatic N) is 4. The smallest absolute Gasteiger partial charge is 0.227 e. The molecule has 1 spiro atoms. The molecule has 1 N–H and O–H groups in total. The van der Waals surface area contributed by atoms with Crippen LogP contribution in [0, 0.1) is 6.92 Å². The van der Waals surface area contributed by atoms with E-state index in [1.165, 1.54) is 0 Å². The van der Waals surface area contributed by atoms with E-state index in [1.807, 2.05) is 31.2 Å². The van der Waals surface area contributed by atoms with Crippen molar-refractivity contribution in [3.8, 4) is 0 Å². The first-order valence-electron chi connectivity index (χ1n) is 8.75. The number of ether oxygens (including phenoxy) is 2. The zero-order chi connectivity index (χ0) is 17.1. The van der Waals surface area contributed by atoms with E-state index in [2.05, 4.69) is 25.2 Å². The van der Waals surface area contributed by atoms with Gasteiger partial charge in [0.05, 0.1) is 25.5 Å². The maximum absolute atomic E-state index is 5.79. The van der Waals surface area contributed by atoms with Crippen molar-refractivity contribution in [1.82, 2.24) is 15.0 Å². The maximum Gasteiger partial charge on any atom is 0.227 e. The van der Waals surface area contributed by atoms with Crippen molar-refractivity contribution in [1.29, 1.82) is 0 Å². The Morgan fingerprint density at radius 3 is 2.68 bits per heavy atom. The molecule has 0 unspecified atom stereocenters. The van der Waals surface area contributed by atoms with Crippen LogP contribution < -0.4 is 10.2 Å². The largest absolute Gasteiger partial charge is 0.364 e. The zero-order valence-corrected chi connectivity index (χ0v) is 14.4. The van der Waals surface area contributed by atoms with Crippen LogP contribution >= 0.6 is 0 Å². The molecule has 0 saturated carbocycles. The fourth-order valence-electron chi connectivity index (χ4n) is 3.30. The van der Waals surface area contributed by atoms with E-state index in [1.54, 1.807) is 6.20 Å². The lowest BCUT2D eigenvalue weighted by Gasteiger charge is -2.37. The Balaban J connectivity index is 1.43. The van der Waals surface area contributed by atoms with Crippen LogP contribution in [0.15, 0.2) is 30.5 Å². The van der Waals surface area contributed by atoms with Crippen molar-refractivity contribution in [2.75, 3.05) is 36.5 Å². The SMILES string of the molecule is Cc1cc(NCc2ccccn2)nc(N2CCC3(CC2)OCCO3)n1. The normalized spacial score (nSPS) is 19.3. The van der Waals surface area contributed by atoms with Crippen molar-refractivity contribution in [2.45, 2.75) is 32.1 Å². The van der Waals surface area contributed by atoms with Crippen LogP contribution in [-0.4, -0.2) is 47.0 Å². The molecule has 0 amide bonds. The molecule has 132 valence electrons. The Bertz CT molecular complexity index is 709. The minimum Gasteiger partial charge on any atom is -0.364 e. The van der Waals surface area contributed by atoms with Gasteiger partial charge in [0.1, 0.15) is 5.82 Å². The van der Waals surface area contributed by atoms with E-state index in [0.29, 0.717) is 19.8 Å². The minimum absolute atomic E-state index is 0.375. The van der Waals surface area contributed by atoms with Crippen LogP contribution in [-0.2, 0) is 16.0 Å². The minimum atomic E-state index is -0.375. The fourth-order valence-corrected chi connectivity index (χ4v) is 3.30. The number of nitrogens with one attached hydrogen (secondary N) is 1. The molecular weight excluding hydrogens is 318 g/mol. The average Bonchev–Trinajstić information content (AvgIpc) is 3.09. The van der Waals surface area contributed by atoms with Crippen molar-refractivity contribution in [2.24, 2.45) is 0 Å².